The van der Waals surface area contributed by atoms with Gasteiger partial charge in [0.15, 0.2) is 5.13 Å². The van der Waals surface area contributed by atoms with Crippen molar-refractivity contribution in [2.24, 2.45) is 5.92 Å². The fraction of sp³-hybridized carbons (Fsp3) is 0.320. The second kappa shape index (κ2) is 10.8. The maximum Gasteiger partial charge on any atom is 0.236 e. The van der Waals surface area contributed by atoms with E-state index in [1.165, 1.54) is 29.5 Å². The fourth-order valence-corrected chi connectivity index (χ4v) is 5.41. The van der Waals surface area contributed by atoms with Crippen LogP contribution in [-0.2, 0) is 9.59 Å². The van der Waals surface area contributed by atoms with Crippen LogP contribution in [0.2, 0.25) is 0 Å². The quantitative estimate of drug-likeness (QED) is 0.398. The maximum atomic E-state index is 12.4. The lowest BCUT2D eigenvalue weighted by Gasteiger charge is -2.20. The summed E-state index contributed by atoms with van der Waals surface area (Å²) in [7, 11) is 0. The molecule has 3 aromatic rings. The molecule has 0 atom stereocenters. The monoisotopic (exact) mass is 465 g/mol. The van der Waals surface area contributed by atoms with Crippen LogP contribution in [0.3, 0.4) is 0 Å². The molecule has 0 bridgehead atoms. The number of amides is 2. The van der Waals surface area contributed by atoms with E-state index < -0.39 is 0 Å². The van der Waals surface area contributed by atoms with Gasteiger partial charge in [0.1, 0.15) is 0 Å². The number of hydrogen-bond acceptors (Lipinski definition) is 5. The van der Waals surface area contributed by atoms with Gasteiger partial charge in [-0.05, 0) is 44.0 Å². The lowest BCUT2D eigenvalue weighted by Crippen LogP contribution is -2.24. The van der Waals surface area contributed by atoms with E-state index >= 15 is 0 Å². The van der Waals surface area contributed by atoms with Crippen LogP contribution in [0.25, 0.3) is 11.3 Å². The third kappa shape index (κ3) is 5.99. The van der Waals surface area contributed by atoms with Gasteiger partial charge in [0.05, 0.1) is 11.4 Å². The summed E-state index contributed by atoms with van der Waals surface area (Å²) in [4.78, 5) is 31.4. The summed E-state index contributed by atoms with van der Waals surface area (Å²) in [5.41, 5.74) is 2.76. The third-order valence-electron chi connectivity index (χ3n) is 5.56. The molecular weight excluding hydrogens is 438 g/mol. The summed E-state index contributed by atoms with van der Waals surface area (Å²) >= 11 is 2.95. The van der Waals surface area contributed by atoms with Crippen molar-refractivity contribution in [3.63, 3.8) is 0 Å². The molecule has 166 valence electrons. The molecule has 1 aromatic heterocycles. The first-order valence-electron chi connectivity index (χ1n) is 10.9. The Hall–Kier alpha value is -2.64. The third-order valence-corrected chi connectivity index (χ3v) is 7.46. The predicted octanol–water partition coefficient (Wildman–Crippen LogP) is 6.37. The Morgan fingerprint density at radius 1 is 1.00 bits per heavy atom. The number of rotatable bonds is 7. The van der Waals surface area contributed by atoms with Crippen molar-refractivity contribution >= 4 is 45.7 Å². The van der Waals surface area contributed by atoms with Gasteiger partial charge in [-0.3, -0.25) is 9.59 Å². The van der Waals surface area contributed by atoms with Crippen LogP contribution in [0.5, 0.6) is 0 Å². The molecule has 1 heterocycles. The molecule has 7 heteroatoms. The normalized spacial score (nSPS) is 14.2. The molecule has 32 heavy (non-hydrogen) atoms. The van der Waals surface area contributed by atoms with Gasteiger partial charge in [-0.15, -0.1) is 23.1 Å². The summed E-state index contributed by atoms with van der Waals surface area (Å²) in [6.07, 6.45) is 5.49. The number of carbonyl (C=O) groups excluding carboxylic acids is 2. The number of aromatic nitrogens is 1. The smallest absolute Gasteiger partial charge is 0.236 e. The Morgan fingerprint density at radius 3 is 2.44 bits per heavy atom. The topological polar surface area (TPSA) is 71.1 Å². The van der Waals surface area contributed by atoms with Crippen LogP contribution in [0, 0.1) is 12.8 Å². The molecule has 4 rings (SSSR count). The van der Waals surface area contributed by atoms with E-state index in [0.717, 1.165) is 52.4 Å². The summed E-state index contributed by atoms with van der Waals surface area (Å²) in [6, 6.07) is 17.7. The van der Waals surface area contributed by atoms with E-state index in [1.54, 1.807) is 0 Å². The molecule has 0 saturated heterocycles. The highest BCUT2D eigenvalue weighted by Crippen LogP contribution is 2.30. The average Bonchev–Trinajstić information content (AvgIpc) is 3.19. The minimum absolute atomic E-state index is 0.0851. The van der Waals surface area contributed by atoms with Gasteiger partial charge in [0.2, 0.25) is 11.8 Å². The molecule has 0 unspecified atom stereocenters. The Labute approximate surface area is 197 Å². The average molecular weight is 466 g/mol. The van der Waals surface area contributed by atoms with Gasteiger partial charge in [-0.25, -0.2) is 4.98 Å². The first-order chi connectivity index (χ1) is 15.6. The number of thiazole rings is 1. The molecule has 2 aromatic carbocycles. The second-order valence-corrected chi connectivity index (χ2v) is 10.2. The summed E-state index contributed by atoms with van der Waals surface area (Å²) in [5, 5.41) is 6.55. The number of nitrogens with one attached hydrogen (secondary N) is 2. The van der Waals surface area contributed by atoms with E-state index in [1.807, 2.05) is 61.5 Å². The van der Waals surface area contributed by atoms with Gasteiger partial charge in [-0.1, -0.05) is 49.6 Å². The van der Waals surface area contributed by atoms with Crippen molar-refractivity contribution < 1.29 is 9.59 Å². The Bertz CT molecular complexity index is 1060. The molecule has 0 aliphatic heterocycles. The molecule has 0 radical (unpaired) electrons. The highest BCUT2D eigenvalue weighted by atomic mass is 32.2. The Kier molecular flexibility index (Phi) is 7.60. The van der Waals surface area contributed by atoms with E-state index in [9.17, 15) is 9.59 Å². The molecule has 1 saturated carbocycles. The lowest BCUT2D eigenvalue weighted by atomic mass is 9.88. The van der Waals surface area contributed by atoms with Crippen LogP contribution in [-0.4, -0.2) is 22.6 Å². The van der Waals surface area contributed by atoms with Crippen molar-refractivity contribution in [1.82, 2.24) is 4.98 Å². The molecule has 5 nitrogen and oxygen atoms in total. The SMILES string of the molecule is Cc1sc(NC(=O)CSc2ccc(NC(=O)C3CCCCC3)cc2)nc1-c1ccccc1. The van der Waals surface area contributed by atoms with Gasteiger partial charge >= 0.3 is 0 Å². The second-order valence-electron chi connectivity index (χ2n) is 7.98. The van der Waals surface area contributed by atoms with Crippen LogP contribution < -0.4 is 10.6 Å². The summed E-state index contributed by atoms with van der Waals surface area (Å²) in [6.45, 7) is 2.01. The first kappa shape index (κ1) is 22.6. The number of anilines is 2. The standard InChI is InChI=1S/C25H27N3O2S2/c1-17-23(18-8-4-2-5-9-18)28-25(32-17)27-22(29)16-31-21-14-12-20(13-15-21)26-24(30)19-10-6-3-7-11-19/h2,4-5,8-9,12-15,19H,3,6-7,10-11,16H2,1H3,(H,26,30)(H,27,28,29). The number of carbonyl (C=O) groups is 2. The van der Waals surface area contributed by atoms with Crippen LogP contribution in [0.4, 0.5) is 10.8 Å². The highest BCUT2D eigenvalue weighted by molar-refractivity contribution is 8.00. The van der Waals surface area contributed by atoms with Crippen molar-refractivity contribution in [2.45, 2.75) is 43.9 Å². The minimum Gasteiger partial charge on any atom is -0.326 e. The summed E-state index contributed by atoms with van der Waals surface area (Å²) in [5.74, 6) is 0.474. The molecule has 1 aliphatic carbocycles. The number of hydrogen-bond donors (Lipinski definition) is 2. The predicted molar refractivity (Wildman–Crippen MR) is 133 cm³/mol. The van der Waals surface area contributed by atoms with Gasteiger partial charge in [-0.2, -0.15) is 0 Å². The van der Waals surface area contributed by atoms with Crippen LogP contribution in [0.15, 0.2) is 59.5 Å². The van der Waals surface area contributed by atoms with Crippen LogP contribution in [0.1, 0.15) is 37.0 Å². The number of nitrogens with zero attached hydrogens (tertiary/aromatic N) is 1. The zero-order valence-electron chi connectivity index (χ0n) is 18.1. The molecule has 1 aliphatic rings. The molecule has 1 fully saturated rings. The fourth-order valence-electron chi connectivity index (χ4n) is 3.86. The minimum atomic E-state index is -0.0851. The lowest BCUT2D eigenvalue weighted by molar-refractivity contribution is -0.120. The van der Waals surface area contributed by atoms with E-state index in [-0.39, 0.29) is 17.7 Å². The number of thioether (sulfide) groups is 1. The van der Waals surface area contributed by atoms with Crippen molar-refractivity contribution in [3.8, 4) is 11.3 Å². The van der Waals surface area contributed by atoms with Crippen molar-refractivity contribution in [3.05, 3.63) is 59.5 Å². The molecular formula is C25H27N3O2S2. The number of benzene rings is 2. The van der Waals surface area contributed by atoms with E-state index in [2.05, 4.69) is 15.6 Å². The van der Waals surface area contributed by atoms with E-state index in [0.29, 0.717) is 10.9 Å². The zero-order chi connectivity index (χ0) is 22.3. The van der Waals surface area contributed by atoms with E-state index in [4.69, 9.17) is 0 Å². The zero-order valence-corrected chi connectivity index (χ0v) is 19.7. The van der Waals surface area contributed by atoms with Gasteiger partial charge in [0.25, 0.3) is 0 Å². The largest absolute Gasteiger partial charge is 0.326 e. The Balaban J connectivity index is 1.26. The Morgan fingerprint density at radius 2 is 1.72 bits per heavy atom. The number of aryl methyl sites for hydroxylation is 1. The molecule has 2 amide bonds. The highest BCUT2D eigenvalue weighted by Gasteiger charge is 2.21. The molecule has 2 N–H and O–H groups in total. The van der Waals surface area contributed by atoms with Gasteiger partial charge < -0.3 is 10.6 Å². The van der Waals surface area contributed by atoms with Gasteiger partial charge in [0, 0.05) is 26.9 Å². The van der Waals surface area contributed by atoms with Crippen LogP contribution >= 0.6 is 23.1 Å². The first-order valence-corrected chi connectivity index (χ1v) is 12.7. The van der Waals surface area contributed by atoms with Crippen molar-refractivity contribution in [2.75, 3.05) is 16.4 Å². The summed E-state index contributed by atoms with van der Waals surface area (Å²) < 4.78 is 0. The van der Waals surface area contributed by atoms with Crippen molar-refractivity contribution in [1.29, 1.82) is 0 Å². The molecule has 0 spiro atoms. The maximum absolute atomic E-state index is 12.4.